The summed E-state index contributed by atoms with van der Waals surface area (Å²) in [6.45, 7) is 4.04. The highest BCUT2D eigenvalue weighted by Crippen LogP contribution is 2.18. The fourth-order valence-corrected chi connectivity index (χ4v) is 1.39. The molecule has 0 saturated carbocycles. The van der Waals surface area contributed by atoms with Gasteiger partial charge in [0.25, 0.3) is 5.56 Å². The molecule has 0 radical (unpaired) electrons. The van der Waals surface area contributed by atoms with Crippen molar-refractivity contribution in [3.63, 3.8) is 0 Å². The molecular weight excluding hydrogens is 152 g/mol. The highest BCUT2D eigenvalue weighted by atomic mass is 16.1. The SMILES string of the molecule is CC(C)c1c(N)ccc(=O)n1C. The molecule has 0 aliphatic rings. The number of nitrogens with two attached hydrogens (primary N) is 1. The van der Waals surface area contributed by atoms with Gasteiger partial charge < -0.3 is 10.3 Å². The monoisotopic (exact) mass is 166 g/mol. The minimum atomic E-state index is -0.00657. The van der Waals surface area contributed by atoms with E-state index >= 15 is 0 Å². The van der Waals surface area contributed by atoms with Crippen LogP contribution in [0.15, 0.2) is 16.9 Å². The maximum atomic E-state index is 11.2. The van der Waals surface area contributed by atoms with Gasteiger partial charge in [-0.3, -0.25) is 4.79 Å². The zero-order chi connectivity index (χ0) is 9.30. The Balaban J connectivity index is 3.43. The van der Waals surface area contributed by atoms with Crippen LogP contribution in [-0.4, -0.2) is 4.57 Å². The number of hydrogen-bond acceptors (Lipinski definition) is 2. The highest BCUT2D eigenvalue weighted by Gasteiger charge is 2.07. The Hall–Kier alpha value is -1.25. The number of rotatable bonds is 1. The molecular formula is C9H14N2O. The van der Waals surface area contributed by atoms with E-state index in [0.29, 0.717) is 5.69 Å². The van der Waals surface area contributed by atoms with Crippen LogP contribution in [0, 0.1) is 0 Å². The number of pyridine rings is 1. The number of nitrogen functional groups attached to an aromatic ring is 1. The van der Waals surface area contributed by atoms with Gasteiger partial charge in [-0.2, -0.15) is 0 Å². The van der Waals surface area contributed by atoms with Crippen LogP contribution in [0.3, 0.4) is 0 Å². The summed E-state index contributed by atoms with van der Waals surface area (Å²) in [6.07, 6.45) is 0. The van der Waals surface area contributed by atoms with Crippen molar-refractivity contribution in [1.82, 2.24) is 4.57 Å². The third kappa shape index (κ3) is 1.35. The molecule has 3 heteroatoms. The van der Waals surface area contributed by atoms with Gasteiger partial charge in [0.05, 0.1) is 5.69 Å². The summed E-state index contributed by atoms with van der Waals surface area (Å²) in [7, 11) is 1.74. The van der Waals surface area contributed by atoms with Crippen LogP contribution in [0.5, 0.6) is 0 Å². The van der Waals surface area contributed by atoms with Crippen molar-refractivity contribution in [2.24, 2.45) is 7.05 Å². The lowest BCUT2D eigenvalue weighted by molar-refractivity contribution is 0.711. The molecule has 12 heavy (non-hydrogen) atoms. The smallest absolute Gasteiger partial charge is 0.250 e. The lowest BCUT2D eigenvalue weighted by Gasteiger charge is -2.13. The maximum Gasteiger partial charge on any atom is 0.250 e. The van der Waals surface area contributed by atoms with Crippen LogP contribution in [0.1, 0.15) is 25.5 Å². The molecule has 0 atom stereocenters. The Morgan fingerprint density at radius 2 is 2.00 bits per heavy atom. The average molecular weight is 166 g/mol. The van der Waals surface area contributed by atoms with E-state index in [1.807, 2.05) is 13.8 Å². The van der Waals surface area contributed by atoms with Gasteiger partial charge in [0.1, 0.15) is 0 Å². The van der Waals surface area contributed by atoms with Crippen molar-refractivity contribution in [3.05, 3.63) is 28.2 Å². The fraction of sp³-hybridized carbons (Fsp3) is 0.444. The minimum Gasteiger partial charge on any atom is -0.397 e. The molecule has 3 nitrogen and oxygen atoms in total. The predicted octanol–water partition coefficient (Wildman–Crippen LogP) is 1.09. The molecule has 0 unspecified atom stereocenters. The van der Waals surface area contributed by atoms with Gasteiger partial charge in [0.2, 0.25) is 0 Å². The minimum absolute atomic E-state index is 0.00657. The maximum absolute atomic E-state index is 11.2. The Bertz CT molecular complexity index is 339. The highest BCUT2D eigenvalue weighted by molar-refractivity contribution is 5.44. The zero-order valence-corrected chi connectivity index (χ0v) is 7.66. The molecule has 0 spiro atoms. The molecule has 0 amide bonds. The van der Waals surface area contributed by atoms with Gasteiger partial charge in [-0.15, -0.1) is 0 Å². The average Bonchev–Trinajstić information content (AvgIpc) is 1.97. The van der Waals surface area contributed by atoms with E-state index in [0.717, 1.165) is 5.69 Å². The van der Waals surface area contributed by atoms with Crippen molar-refractivity contribution >= 4 is 5.69 Å². The number of anilines is 1. The van der Waals surface area contributed by atoms with Crippen LogP contribution in [0.4, 0.5) is 5.69 Å². The number of aromatic nitrogens is 1. The Labute approximate surface area is 71.8 Å². The van der Waals surface area contributed by atoms with Gasteiger partial charge in [0.15, 0.2) is 0 Å². The topological polar surface area (TPSA) is 48.0 Å². The number of hydrogen-bond donors (Lipinski definition) is 1. The molecule has 1 aromatic heterocycles. The van der Waals surface area contributed by atoms with Crippen LogP contribution in [-0.2, 0) is 7.05 Å². The molecule has 2 N–H and O–H groups in total. The molecule has 1 rings (SSSR count). The van der Waals surface area contributed by atoms with E-state index in [-0.39, 0.29) is 11.5 Å². The second-order valence-corrected chi connectivity index (χ2v) is 3.23. The van der Waals surface area contributed by atoms with Crippen molar-refractivity contribution < 1.29 is 0 Å². The Kier molecular flexibility index (Phi) is 2.22. The first-order chi connectivity index (χ1) is 5.54. The van der Waals surface area contributed by atoms with E-state index in [1.165, 1.54) is 6.07 Å². The zero-order valence-electron chi connectivity index (χ0n) is 7.66. The predicted molar refractivity (Wildman–Crippen MR) is 50.2 cm³/mol. The van der Waals surface area contributed by atoms with Gasteiger partial charge >= 0.3 is 0 Å². The summed E-state index contributed by atoms with van der Waals surface area (Å²) >= 11 is 0. The third-order valence-electron chi connectivity index (χ3n) is 1.94. The van der Waals surface area contributed by atoms with Gasteiger partial charge in [-0.1, -0.05) is 13.8 Å². The third-order valence-corrected chi connectivity index (χ3v) is 1.94. The standard InChI is InChI=1S/C9H14N2O/c1-6(2)9-7(10)4-5-8(12)11(9)3/h4-6H,10H2,1-3H3. The van der Waals surface area contributed by atoms with Crippen molar-refractivity contribution in [2.75, 3.05) is 5.73 Å². The first-order valence-corrected chi connectivity index (χ1v) is 3.99. The summed E-state index contributed by atoms with van der Waals surface area (Å²) < 4.78 is 1.60. The molecule has 1 heterocycles. The van der Waals surface area contributed by atoms with E-state index in [2.05, 4.69) is 0 Å². The van der Waals surface area contributed by atoms with Gasteiger partial charge in [-0.25, -0.2) is 0 Å². The van der Waals surface area contributed by atoms with Crippen molar-refractivity contribution in [3.8, 4) is 0 Å². The van der Waals surface area contributed by atoms with Crippen LogP contribution < -0.4 is 11.3 Å². The molecule has 0 aliphatic carbocycles. The van der Waals surface area contributed by atoms with Crippen LogP contribution >= 0.6 is 0 Å². The van der Waals surface area contributed by atoms with Gasteiger partial charge in [-0.05, 0) is 12.0 Å². The van der Waals surface area contributed by atoms with E-state index in [9.17, 15) is 4.79 Å². The summed E-state index contributed by atoms with van der Waals surface area (Å²) in [5.74, 6) is 0.281. The largest absolute Gasteiger partial charge is 0.397 e. The van der Waals surface area contributed by atoms with Crippen LogP contribution in [0.2, 0.25) is 0 Å². The molecule has 1 aromatic rings. The lowest BCUT2D eigenvalue weighted by atomic mass is 10.1. The molecule has 0 saturated heterocycles. The molecule has 0 aromatic carbocycles. The van der Waals surface area contributed by atoms with E-state index in [1.54, 1.807) is 17.7 Å². The summed E-state index contributed by atoms with van der Waals surface area (Å²) in [4.78, 5) is 11.2. The second kappa shape index (κ2) is 3.01. The van der Waals surface area contributed by atoms with Crippen molar-refractivity contribution in [2.45, 2.75) is 19.8 Å². The quantitative estimate of drug-likeness (QED) is 0.679. The first-order valence-electron chi connectivity index (χ1n) is 3.99. The number of nitrogens with zero attached hydrogens (tertiary/aromatic N) is 1. The summed E-state index contributed by atoms with van der Waals surface area (Å²) in [5, 5.41) is 0. The summed E-state index contributed by atoms with van der Waals surface area (Å²) in [6, 6.07) is 3.15. The molecule has 66 valence electrons. The first kappa shape index (κ1) is 8.84. The molecule has 0 fully saturated rings. The Morgan fingerprint density at radius 1 is 1.42 bits per heavy atom. The van der Waals surface area contributed by atoms with Gasteiger partial charge in [0, 0.05) is 18.8 Å². The normalized spacial score (nSPS) is 10.7. The second-order valence-electron chi connectivity index (χ2n) is 3.23. The fourth-order valence-electron chi connectivity index (χ4n) is 1.39. The molecule has 0 aliphatic heterocycles. The van der Waals surface area contributed by atoms with Crippen molar-refractivity contribution in [1.29, 1.82) is 0 Å². The lowest BCUT2D eigenvalue weighted by Crippen LogP contribution is -2.21. The van der Waals surface area contributed by atoms with E-state index in [4.69, 9.17) is 5.73 Å². The van der Waals surface area contributed by atoms with E-state index < -0.39 is 0 Å². The summed E-state index contributed by atoms with van der Waals surface area (Å²) in [5.41, 5.74) is 7.32. The Morgan fingerprint density at radius 3 is 2.42 bits per heavy atom. The van der Waals surface area contributed by atoms with Crippen LogP contribution in [0.25, 0.3) is 0 Å². The molecule has 0 bridgehead atoms.